The minimum Gasteiger partial charge on any atom is -0.466 e. The first-order valence-corrected chi connectivity index (χ1v) is 7.98. The predicted molar refractivity (Wildman–Crippen MR) is 88.9 cm³/mol. The first-order valence-electron chi connectivity index (χ1n) is 7.16. The maximum Gasteiger partial charge on any atom is 0.274 e. The summed E-state index contributed by atoms with van der Waals surface area (Å²) in [5.74, 6) is 1.02. The third-order valence-electron chi connectivity index (χ3n) is 3.19. The Balaban J connectivity index is 1.98. The minimum atomic E-state index is -0.279. The molecule has 0 aromatic carbocycles. The zero-order chi connectivity index (χ0) is 16.1. The number of nitrogens with zero attached hydrogens (tertiary/aromatic N) is 3. The van der Waals surface area contributed by atoms with Crippen LogP contribution in [0.1, 0.15) is 40.6 Å². The number of nitrogens with one attached hydrogen (secondary N) is 1. The Morgan fingerprint density at radius 2 is 2.18 bits per heavy atom. The smallest absolute Gasteiger partial charge is 0.274 e. The van der Waals surface area contributed by atoms with Gasteiger partial charge < -0.3 is 9.32 Å². The number of rotatable bonds is 6. The van der Waals surface area contributed by atoms with Crippen LogP contribution in [-0.2, 0) is 0 Å². The van der Waals surface area contributed by atoms with Crippen molar-refractivity contribution in [1.29, 1.82) is 0 Å². The average molecular weight is 320 g/mol. The van der Waals surface area contributed by atoms with Gasteiger partial charge in [0.15, 0.2) is 5.13 Å². The predicted octanol–water partition coefficient (Wildman–Crippen LogP) is 2.96. The van der Waals surface area contributed by atoms with Crippen LogP contribution in [0.2, 0.25) is 0 Å². The second-order valence-electron chi connectivity index (χ2n) is 4.74. The summed E-state index contributed by atoms with van der Waals surface area (Å²) in [5, 5.41) is 4.94. The molecule has 1 N–H and O–H groups in total. The van der Waals surface area contributed by atoms with E-state index in [0.717, 1.165) is 23.1 Å². The van der Waals surface area contributed by atoms with Gasteiger partial charge in [0.2, 0.25) is 0 Å². The highest BCUT2D eigenvalue weighted by Gasteiger charge is 2.12. The zero-order valence-corrected chi connectivity index (χ0v) is 14.0. The van der Waals surface area contributed by atoms with Gasteiger partial charge in [-0.05, 0) is 33.8 Å². The van der Waals surface area contributed by atoms with Crippen molar-refractivity contribution in [2.24, 2.45) is 5.10 Å². The molecule has 6 nitrogen and oxygen atoms in total. The lowest BCUT2D eigenvalue weighted by molar-refractivity contribution is 0.0953. The zero-order valence-electron chi connectivity index (χ0n) is 13.2. The lowest BCUT2D eigenvalue weighted by Gasteiger charge is -2.16. The molecular formula is C15H20N4O2S. The lowest BCUT2D eigenvalue weighted by atomic mass is 10.2. The molecule has 0 radical (unpaired) electrons. The standard InChI is InChI=1S/C15H20N4O2S/c1-5-19(6-2)15-16-8-12(22-15)9-17-18-14(20)13-7-10(3)21-11(13)4/h7-9H,5-6H2,1-4H3,(H,18,20)/b17-9+. The van der Waals surface area contributed by atoms with Crippen molar-refractivity contribution >= 4 is 28.6 Å². The van der Waals surface area contributed by atoms with Gasteiger partial charge in [0.25, 0.3) is 5.91 Å². The lowest BCUT2D eigenvalue weighted by Crippen LogP contribution is -2.21. The van der Waals surface area contributed by atoms with Crippen LogP contribution in [0.25, 0.3) is 0 Å². The van der Waals surface area contributed by atoms with Crippen molar-refractivity contribution < 1.29 is 9.21 Å². The van der Waals surface area contributed by atoms with E-state index >= 15 is 0 Å². The fourth-order valence-electron chi connectivity index (χ4n) is 2.05. The fraction of sp³-hybridized carbons (Fsp3) is 0.400. The number of aryl methyl sites for hydroxylation is 2. The van der Waals surface area contributed by atoms with Crippen molar-refractivity contribution in [1.82, 2.24) is 10.4 Å². The van der Waals surface area contributed by atoms with Crippen LogP contribution >= 0.6 is 11.3 Å². The highest BCUT2D eigenvalue weighted by atomic mass is 32.1. The third-order valence-corrected chi connectivity index (χ3v) is 4.18. The summed E-state index contributed by atoms with van der Waals surface area (Å²) in [4.78, 5) is 19.4. The molecule has 0 spiro atoms. The Bertz CT molecular complexity index is 671. The molecule has 0 aliphatic rings. The SMILES string of the molecule is CCN(CC)c1ncc(/C=N/NC(=O)c2cc(C)oc2C)s1. The molecule has 0 bridgehead atoms. The van der Waals surface area contributed by atoms with Gasteiger partial charge in [0.1, 0.15) is 11.5 Å². The van der Waals surface area contributed by atoms with Crippen molar-refractivity contribution in [3.63, 3.8) is 0 Å². The number of amides is 1. The number of hydrogen-bond acceptors (Lipinski definition) is 6. The van der Waals surface area contributed by atoms with Gasteiger partial charge in [-0.2, -0.15) is 5.10 Å². The molecule has 2 aromatic heterocycles. The average Bonchev–Trinajstić information content (AvgIpc) is 3.07. The molecule has 0 fully saturated rings. The van der Waals surface area contributed by atoms with Crippen LogP contribution in [0.4, 0.5) is 5.13 Å². The van der Waals surface area contributed by atoms with Crippen LogP contribution in [0.15, 0.2) is 21.8 Å². The van der Waals surface area contributed by atoms with Crippen LogP contribution in [-0.4, -0.2) is 30.2 Å². The molecule has 0 atom stereocenters. The Hall–Kier alpha value is -2.15. The number of hydrogen-bond donors (Lipinski definition) is 1. The second kappa shape index (κ2) is 7.22. The summed E-state index contributed by atoms with van der Waals surface area (Å²) < 4.78 is 5.33. The van der Waals surface area contributed by atoms with Gasteiger partial charge in [-0.25, -0.2) is 10.4 Å². The first-order chi connectivity index (χ1) is 10.5. The van der Waals surface area contributed by atoms with E-state index in [-0.39, 0.29) is 5.91 Å². The van der Waals surface area contributed by atoms with E-state index < -0.39 is 0 Å². The Morgan fingerprint density at radius 1 is 1.45 bits per heavy atom. The van der Waals surface area contributed by atoms with Gasteiger partial charge in [-0.1, -0.05) is 11.3 Å². The Labute approximate surface area is 133 Å². The quantitative estimate of drug-likeness (QED) is 0.656. The number of thiazole rings is 1. The molecule has 7 heteroatoms. The van der Waals surface area contributed by atoms with E-state index in [1.165, 1.54) is 0 Å². The van der Waals surface area contributed by atoms with Crippen LogP contribution in [0, 0.1) is 13.8 Å². The summed E-state index contributed by atoms with van der Waals surface area (Å²) in [6.45, 7) is 9.57. The van der Waals surface area contributed by atoms with Gasteiger partial charge in [-0.3, -0.25) is 4.79 Å². The van der Waals surface area contributed by atoms with Gasteiger partial charge >= 0.3 is 0 Å². The Kier molecular flexibility index (Phi) is 5.32. The van der Waals surface area contributed by atoms with Crippen molar-refractivity contribution in [2.45, 2.75) is 27.7 Å². The van der Waals surface area contributed by atoms with E-state index in [2.05, 4.69) is 34.3 Å². The van der Waals surface area contributed by atoms with Crippen molar-refractivity contribution in [3.05, 3.63) is 34.2 Å². The van der Waals surface area contributed by atoms with Crippen LogP contribution in [0.3, 0.4) is 0 Å². The third kappa shape index (κ3) is 3.73. The minimum absolute atomic E-state index is 0.279. The van der Waals surface area contributed by atoms with E-state index in [9.17, 15) is 4.79 Å². The van der Waals surface area contributed by atoms with Crippen LogP contribution in [0.5, 0.6) is 0 Å². The molecule has 22 heavy (non-hydrogen) atoms. The molecular weight excluding hydrogens is 300 g/mol. The van der Waals surface area contributed by atoms with E-state index in [1.807, 2.05) is 0 Å². The molecule has 0 aliphatic carbocycles. The van der Waals surface area contributed by atoms with Crippen molar-refractivity contribution in [3.8, 4) is 0 Å². The topological polar surface area (TPSA) is 70.7 Å². The molecule has 2 heterocycles. The molecule has 0 saturated heterocycles. The Morgan fingerprint density at radius 3 is 2.77 bits per heavy atom. The molecule has 2 rings (SSSR count). The summed E-state index contributed by atoms with van der Waals surface area (Å²) in [7, 11) is 0. The molecule has 2 aromatic rings. The number of furan rings is 1. The molecule has 0 unspecified atom stereocenters. The molecule has 1 amide bonds. The van der Waals surface area contributed by atoms with Gasteiger partial charge in [-0.15, -0.1) is 0 Å². The highest BCUT2D eigenvalue weighted by Crippen LogP contribution is 2.20. The van der Waals surface area contributed by atoms with E-state index in [4.69, 9.17) is 4.42 Å². The normalized spacial score (nSPS) is 11.1. The van der Waals surface area contributed by atoms with E-state index in [1.54, 1.807) is 43.7 Å². The fourth-order valence-corrected chi connectivity index (χ4v) is 2.96. The van der Waals surface area contributed by atoms with Gasteiger partial charge in [0.05, 0.1) is 16.7 Å². The largest absolute Gasteiger partial charge is 0.466 e. The number of hydrazone groups is 1. The molecule has 118 valence electrons. The number of aromatic nitrogens is 1. The number of anilines is 1. The second-order valence-corrected chi connectivity index (χ2v) is 5.78. The number of carbonyl (C=O) groups excluding carboxylic acids is 1. The van der Waals surface area contributed by atoms with Crippen molar-refractivity contribution in [2.75, 3.05) is 18.0 Å². The molecule has 0 aliphatic heterocycles. The summed E-state index contributed by atoms with van der Waals surface area (Å²) in [6.07, 6.45) is 3.35. The van der Waals surface area contributed by atoms with Gasteiger partial charge in [0, 0.05) is 19.3 Å². The van der Waals surface area contributed by atoms with Crippen LogP contribution < -0.4 is 10.3 Å². The highest BCUT2D eigenvalue weighted by molar-refractivity contribution is 7.17. The number of carbonyl (C=O) groups is 1. The summed E-state index contributed by atoms with van der Waals surface area (Å²) in [6, 6.07) is 1.70. The summed E-state index contributed by atoms with van der Waals surface area (Å²) in [5.41, 5.74) is 3.01. The maximum atomic E-state index is 12.0. The molecule has 0 saturated carbocycles. The maximum absolute atomic E-state index is 12.0. The summed E-state index contributed by atoms with van der Waals surface area (Å²) >= 11 is 1.54. The monoisotopic (exact) mass is 320 g/mol. The first kappa shape index (κ1) is 16.2. The van der Waals surface area contributed by atoms with E-state index in [0.29, 0.717) is 17.1 Å².